The zero-order valence-corrected chi connectivity index (χ0v) is 53.3. The highest BCUT2D eigenvalue weighted by molar-refractivity contribution is 6.17. The van der Waals surface area contributed by atoms with Gasteiger partial charge in [0.15, 0.2) is 5.78 Å². The highest BCUT2D eigenvalue weighted by Crippen LogP contribution is 2.41. The molecule has 1 amide bonds. The highest BCUT2D eigenvalue weighted by atomic mass is 16.6. The number of piperazine rings is 1. The van der Waals surface area contributed by atoms with E-state index in [1.807, 2.05) is 27.7 Å². The maximum atomic E-state index is 11.6. The lowest BCUT2D eigenvalue weighted by atomic mass is 9.76. The molecule has 3 aromatic carbocycles. The Labute approximate surface area is 503 Å². The third-order valence-electron chi connectivity index (χ3n) is 14.6. The molecule has 1 heterocycles. The van der Waals surface area contributed by atoms with Gasteiger partial charge in [0.2, 0.25) is 0 Å². The van der Waals surface area contributed by atoms with Crippen LogP contribution in [-0.2, 0) is 9.53 Å². The average Bonchev–Trinajstić information content (AvgIpc) is 4.42. The first-order valence-electron chi connectivity index (χ1n) is 29.5. The summed E-state index contributed by atoms with van der Waals surface area (Å²) in [6.07, 6.45) is 16.6. The van der Waals surface area contributed by atoms with Crippen LogP contribution in [0.5, 0.6) is 0 Å². The average molecular weight is 1120 g/mol. The summed E-state index contributed by atoms with van der Waals surface area (Å²) in [5.74, 6) is -0.370. The minimum absolute atomic E-state index is 0.127. The van der Waals surface area contributed by atoms with Crippen molar-refractivity contribution in [3.05, 3.63) is 251 Å². The Hall–Kier alpha value is -7.64. The minimum Gasteiger partial charge on any atom is -0.872 e. The van der Waals surface area contributed by atoms with Gasteiger partial charge in [-0.15, -0.1) is 13.2 Å². The number of allylic oxidation sites excluding steroid dienone is 17. The second-order valence-electron chi connectivity index (χ2n) is 23.6. The van der Waals surface area contributed by atoms with Gasteiger partial charge in [-0.1, -0.05) is 178 Å². The third-order valence-corrected chi connectivity index (χ3v) is 14.6. The SMILES string of the molecule is C=C(C)C.C=C(C)CC.C=C1C(=O)C(C)=C1[O-].C=C1C=C(C)CC(C)(C)C1.C=C1C=C(C)CC1.C=C1C=C(C)c2ccccc21.C=C1CCC(C)=C1N(c1ccccc1)c1ccccc1.C=C1CCC(C)=C1N1CCN(C(=O)OCC)CC1. The number of para-hydroxylation sites is 2. The molecule has 83 heavy (non-hydrogen) atoms. The number of benzene rings is 3. The van der Waals surface area contributed by atoms with Crippen molar-refractivity contribution in [3.63, 3.8) is 0 Å². The van der Waals surface area contributed by atoms with E-state index in [1.165, 1.54) is 121 Å². The molecular weight excluding hydrogens is 1020 g/mol. The number of ether oxygens (including phenoxy) is 1. The van der Waals surface area contributed by atoms with Crippen LogP contribution in [0.4, 0.5) is 16.2 Å². The summed E-state index contributed by atoms with van der Waals surface area (Å²) in [6, 6.07) is 29.4. The molecule has 1 saturated heterocycles. The number of amides is 1. The predicted molar refractivity (Wildman–Crippen MR) is 357 cm³/mol. The molecule has 10 rings (SSSR count). The van der Waals surface area contributed by atoms with Crippen molar-refractivity contribution in [1.29, 1.82) is 0 Å². The second-order valence-corrected chi connectivity index (χ2v) is 23.6. The fourth-order valence-corrected chi connectivity index (χ4v) is 10.3. The summed E-state index contributed by atoms with van der Waals surface area (Å²) in [5, 5.41) is 10.4. The van der Waals surface area contributed by atoms with Gasteiger partial charge in [0.25, 0.3) is 0 Å². The topological polar surface area (TPSA) is 76.2 Å². The smallest absolute Gasteiger partial charge is 0.409 e. The molecule has 0 bridgehead atoms. The van der Waals surface area contributed by atoms with Crippen LogP contribution >= 0.6 is 0 Å². The summed E-state index contributed by atoms with van der Waals surface area (Å²) in [7, 11) is 0. The van der Waals surface area contributed by atoms with Crippen LogP contribution in [0, 0.1) is 5.41 Å². The van der Waals surface area contributed by atoms with E-state index in [0.717, 1.165) is 70.3 Å². The molecule has 6 aliphatic carbocycles. The Balaban J connectivity index is 0.000000262. The van der Waals surface area contributed by atoms with Gasteiger partial charge in [-0.2, -0.15) is 0 Å². The molecule has 1 aliphatic heterocycles. The molecule has 0 spiro atoms. The first-order valence-corrected chi connectivity index (χ1v) is 29.5. The zero-order chi connectivity index (χ0) is 62.1. The number of Topliss-reactive ketones (excluding diaryl/α,β-unsaturated/α-hetero) is 1. The molecule has 0 radical (unpaired) electrons. The quantitative estimate of drug-likeness (QED) is 0.181. The zero-order valence-electron chi connectivity index (χ0n) is 53.3. The van der Waals surface area contributed by atoms with Crippen LogP contribution in [-0.4, -0.2) is 54.5 Å². The molecule has 7 heteroatoms. The van der Waals surface area contributed by atoms with E-state index in [-0.39, 0.29) is 23.2 Å². The van der Waals surface area contributed by atoms with E-state index in [1.54, 1.807) is 4.90 Å². The van der Waals surface area contributed by atoms with Crippen molar-refractivity contribution in [2.45, 2.75) is 148 Å². The molecule has 0 aromatic heterocycles. The number of carbonyl (C=O) groups excluding carboxylic acids is 2. The van der Waals surface area contributed by atoms with Crippen molar-refractivity contribution >= 4 is 34.4 Å². The molecule has 0 unspecified atom stereocenters. The number of ketones is 1. The van der Waals surface area contributed by atoms with Crippen molar-refractivity contribution in [3.8, 4) is 0 Å². The molecule has 0 N–H and O–H groups in total. The Morgan fingerprint density at radius 1 is 0.627 bits per heavy atom. The van der Waals surface area contributed by atoms with Crippen LogP contribution in [0.1, 0.15) is 159 Å². The largest absolute Gasteiger partial charge is 0.872 e. The molecular formula is C76H100N3O4-. The summed E-state index contributed by atoms with van der Waals surface area (Å²) >= 11 is 0. The fraction of sp³-hybridized carbons (Fsp3) is 0.368. The Morgan fingerprint density at radius 3 is 1.48 bits per heavy atom. The minimum atomic E-state index is -0.187. The van der Waals surface area contributed by atoms with E-state index in [4.69, 9.17) is 4.74 Å². The molecule has 3 aromatic rings. The van der Waals surface area contributed by atoms with E-state index < -0.39 is 0 Å². The Bertz CT molecular complexity index is 2980. The standard InChI is InChI=1S/C19H19N.C14H22N2O2.C11H10.C10H16.C7H10.C6H6O2.C5H10.C4H8/c1-15-13-14-16(2)19(15)20(17-9-5-3-6-10-17)18-11-7-4-8-12-18;1-4-18-14(17)16-9-7-15(8-10-16)13-11(2)5-6-12(13)3;1-8-7-9(2)11-6-4-3-5-10(8)11;1-8-5-9(2)7-10(3,4)6-8;1-6-3-4-7(2)5-6;1-3-5(7)4(2)6(3)8;1-4-5(2)3;1-4(2)3/h3-12H,1,13-14H2,2H3;2,4-10H2,1,3H3;3-7H,1H2,2H3;5H,1,6-7H2,2-4H3;5H,1,3-4H2,2H3;7H,1H2,2H3;2,4H2,1,3H3;1H2,2-3H3/p-1. The van der Waals surface area contributed by atoms with Crippen molar-refractivity contribution in [1.82, 2.24) is 9.80 Å². The van der Waals surface area contributed by atoms with E-state index in [0.29, 0.717) is 17.6 Å². The fourth-order valence-electron chi connectivity index (χ4n) is 10.3. The number of hydrogen-bond donors (Lipinski definition) is 0. The first kappa shape index (κ1) is 69.6. The van der Waals surface area contributed by atoms with Gasteiger partial charge >= 0.3 is 6.09 Å². The number of anilines is 2. The van der Waals surface area contributed by atoms with Gasteiger partial charge < -0.3 is 24.5 Å². The Morgan fingerprint density at radius 2 is 1.12 bits per heavy atom. The van der Waals surface area contributed by atoms with Gasteiger partial charge in [-0.05, 0) is 207 Å². The van der Waals surface area contributed by atoms with Gasteiger partial charge in [0, 0.05) is 54.5 Å². The van der Waals surface area contributed by atoms with Gasteiger partial charge in [-0.3, -0.25) is 4.79 Å². The normalized spacial score (nSPS) is 17.2. The number of fused-ring (bicyclic) bond motifs is 1. The summed E-state index contributed by atoms with van der Waals surface area (Å²) in [6.45, 7) is 61.2. The molecule has 7 aliphatic rings. The van der Waals surface area contributed by atoms with Crippen LogP contribution in [0.25, 0.3) is 11.1 Å². The summed E-state index contributed by atoms with van der Waals surface area (Å²) in [5.41, 5.74) is 24.2. The molecule has 7 nitrogen and oxygen atoms in total. The van der Waals surface area contributed by atoms with Gasteiger partial charge in [0.05, 0.1) is 6.61 Å². The third kappa shape index (κ3) is 22.6. The second kappa shape index (κ2) is 34.1. The first-order chi connectivity index (χ1) is 39.1. The maximum absolute atomic E-state index is 11.6. The van der Waals surface area contributed by atoms with Crippen molar-refractivity contribution in [2.24, 2.45) is 5.41 Å². The van der Waals surface area contributed by atoms with E-state index in [9.17, 15) is 14.7 Å². The van der Waals surface area contributed by atoms with Crippen LogP contribution in [0.3, 0.4) is 0 Å². The van der Waals surface area contributed by atoms with Crippen molar-refractivity contribution in [2.75, 3.05) is 37.7 Å². The maximum Gasteiger partial charge on any atom is 0.409 e. The van der Waals surface area contributed by atoms with E-state index in [2.05, 4.69) is 221 Å². The van der Waals surface area contributed by atoms with Crippen LogP contribution in [0.15, 0.2) is 240 Å². The number of hydrogen-bond acceptors (Lipinski definition) is 6. The molecule has 1 fully saturated rings. The van der Waals surface area contributed by atoms with Crippen molar-refractivity contribution < 1.29 is 19.4 Å². The molecule has 0 saturated carbocycles. The number of carbonyl (C=O) groups is 2. The number of rotatable bonds is 6. The van der Waals surface area contributed by atoms with Crippen LogP contribution < -0.4 is 10.0 Å². The lowest BCUT2D eigenvalue weighted by Gasteiger charge is -2.36. The number of nitrogens with zero attached hydrogens (tertiary/aromatic N) is 3. The lowest BCUT2D eigenvalue weighted by Crippen LogP contribution is -2.48. The monoisotopic (exact) mass is 1120 g/mol. The highest BCUT2D eigenvalue weighted by Gasteiger charge is 2.28. The van der Waals surface area contributed by atoms with Crippen LogP contribution in [0.2, 0.25) is 0 Å². The van der Waals surface area contributed by atoms with Gasteiger partial charge in [0.1, 0.15) is 0 Å². The van der Waals surface area contributed by atoms with Gasteiger partial charge in [-0.25, -0.2) is 4.79 Å². The Kier molecular flexibility index (Phi) is 28.6. The predicted octanol–water partition coefficient (Wildman–Crippen LogP) is 19.9. The summed E-state index contributed by atoms with van der Waals surface area (Å²) in [4.78, 5) is 28.5. The molecule has 444 valence electrons. The lowest BCUT2D eigenvalue weighted by molar-refractivity contribution is -0.300. The molecule has 0 atom stereocenters. The summed E-state index contributed by atoms with van der Waals surface area (Å²) < 4.78 is 5.02. The van der Waals surface area contributed by atoms with E-state index >= 15 is 0 Å².